The summed E-state index contributed by atoms with van der Waals surface area (Å²) >= 11 is 8.98. The third-order valence-corrected chi connectivity index (χ3v) is 18.7. The van der Waals surface area contributed by atoms with Crippen molar-refractivity contribution in [3.63, 3.8) is 0 Å². The largest absolute Gasteiger partial charge is 0.123 e. The van der Waals surface area contributed by atoms with E-state index < -0.39 is 5.24 Å². The zero-order chi connectivity index (χ0) is 23.5. The van der Waals surface area contributed by atoms with Crippen molar-refractivity contribution in [3.05, 3.63) is 0 Å². The fraction of sp³-hybridized carbons (Fsp3) is 1.00. The average molecular weight is 515 g/mol. The standard InChI is InChI=1S/C30H59PS2/c1-2-3-4-5-6-7-8-9-10-11-12-13-14-15-16-23-28-33-31(32,29-24-19-17-20-25-29)30-26-21-18-22-27-30/h29-30H,2-28H2,1H3. The summed E-state index contributed by atoms with van der Waals surface area (Å²) in [6.07, 6.45) is 38.1. The maximum absolute atomic E-state index is 6.63. The summed E-state index contributed by atoms with van der Waals surface area (Å²) in [7, 11) is 0. The van der Waals surface area contributed by atoms with E-state index in [-0.39, 0.29) is 0 Å². The molecule has 2 aliphatic carbocycles. The molecular weight excluding hydrogens is 455 g/mol. The Labute approximate surface area is 218 Å². The summed E-state index contributed by atoms with van der Waals surface area (Å²) in [5.74, 6) is 1.38. The lowest BCUT2D eigenvalue weighted by atomic mass is 10.00. The van der Waals surface area contributed by atoms with E-state index in [2.05, 4.69) is 18.3 Å². The molecule has 0 spiro atoms. The molecule has 0 N–H and O–H groups in total. The molecule has 2 saturated carbocycles. The molecule has 0 aromatic carbocycles. The monoisotopic (exact) mass is 514 g/mol. The third-order valence-electron chi connectivity index (χ3n) is 8.46. The highest BCUT2D eigenvalue weighted by Crippen LogP contribution is 2.71. The number of rotatable bonds is 20. The molecule has 0 heterocycles. The van der Waals surface area contributed by atoms with Crippen molar-refractivity contribution in [2.45, 2.75) is 185 Å². The Kier molecular flexibility index (Phi) is 18.4. The lowest BCUT2D eigenvalue weighted by Crippen LogP contribution is -2.22. The summed E-state index contributed by atoms with van der Waals surface area (Å²) in [6, 6.07) is 0. The molecule has 0 nitrogen and oxygen atoms in total. The lowest BCUT2D eigenvalue weighted by Gasteiger charge is -2.41. The first-order chi connectivity index (χ1) is 16.3. The van der Waals surface area contributed by atoms with Crippen LogP contribution < -0.4 is 0 Å². The SMILES string of the molecule is CCCCCCCCCCCCCCCCCCSP(=S)(C1CCCCC1)C1CCCCC1. The van der Waals surface area contributed by atoms with Crippen molar-refractivity contribution in [2.75, 3.05) is 5.75 Å². The minimum Gasteiger partial charge on any atom is -0.123 e. The molecule has 0 atom stereocenters. The van der Waals surface area contributed by atoms with Crippen LogP contribution in [0.3, 0.4) is 0 Å². The van der Waals surface area contributed by atoms with Crippen molar-refractivity contribution >= 4 is 28.4 Å². The molecule has 0 radical (unpaired) electrons. The molecule has 2 fully saturated rings. The van der Waals surface area contributed by atoms with Crippen molar-refractivity contribution in [2.24, 2.45) is 0 Å². The smallest absolute Gasteiger partial charge is 0.0124 e. The fourth-order valence-corrected chi connectivity index (χ4v) is 15.8. The molecule has 0 unspecified atom stereocenters. The van der Waals surface area contributed by atoms with E-state index in [9.17, 15) is 0 Å². The summed E-state index contributed by atoms with van der Waals surface area (Å²) < 4.78 is 0. The molecule has 33 heavy (non-hydrogen) atoms. The highest BCUT2D eigenvalue weighted by Gasteiger charge is 2.37. The Morgan fingerprint density at radius 1 is 0.515 bits per heavy atom. The summed E-state index contributed by atoms with van der Waals surface area (Å²) in [5, 5.41) is -1.21. The number of unbranched alkanes of at least 4 members (excludes halogenated alkanes) is 15. The van der Waals surface area contributed by atoms with Crippen LogP contribution in [0, 0.1) is 0 Å². The topological polar surface area (TPSA) is 0 Å². The molecule has 0 amide bonds. The van der Waals surface area contributed by atoms with Crippen LogP contribution in [0.5, 0.6) is 0 Å². The van der Waals surface area contributed by atoms with Crippen molar-refractivity contribution < 1.29 is 0 Å². The van der Waals surface area contributed by atoms with Gasteiger partial charge in [-0.1, -0.05) is 154 Å². The predicted molar refractivity (Wildman–Crippen MR) is 160 cm³/mol. The van der Waals surface area contributed by atoms with Gasteiger partial charge in [-0.25, -0.2) is 0 Å². The van der Waals surface area contributed by atoms with Gasteiger partial charge >= 0.3 is 0 Å². The van der Waals surface area contributed by atoms with Gasteiger partial charge in [-0.2, -0.15) is 0 Å². The average Bonchev–Trinajstić information content (AvgIpc) is 2.87. The van der Waals surface area contributed by atoms with Gasteiger partial charge in [0.15, 0.2) is 0 Å². The maximum Gasteiger partial charge on any atom is 0.0124 e. The second kappa shape index (κ2) is 20.1. The third kappa shape index (κ3) is 13.2. The number of hydrogen-bond donors (Lipinski definition) is 0. The van der Waals surface area contributed by atoms with Crippen LogP contribution in [-0.2, 0) is 11.8 Å². The summed E-state index contributed by atoms with van der Waals surface area (Å²) in [5.41, 5.74) is 1.88. The van der Waals surface area contributed by atoms with Gasteiger partial charge in [-0.15, -0.1) is 11.4 Å². The van der Waals surface area contributed by atoms with Gasteiger partial charge in [-0.3, -0.25) is 0 Å². The minimum absolute atomic E-state index is 0.940. The molecular formula is C30H59PS2. The molecule has 3 heteroatoms. The zero-order valence-corrected chi connectivity index (χ0v) is 25.0. The first-order valence-electron chi connectivity index (χ1n) is 15.5. The summed E-state index contributed by atoms with van der Waals surface area (Å²) in [4.78, 5) is 0. The molecule has 0 aliphatic heterocycles. The predicted octanol–water partition coefficient (Wildman–Crippen LogP) is 12.0. The van der Waals surface area contributed by atoms with E-state index in [4.69, 9.17) is 11.8 Å². The molecule has 2 rings (SSSR count). The Balaban J connectivity index is 1.44. The molecule has 196 valence electrons. The van der Waals surface area contributed by atoms with Crippen LogP contribution >= 0.6 is 16.6 Å². The van der Waals surface area contributed by atoms with Crippen LogP contribution in [0.25, 0.3) is 0 Å². The Bertz CT molecular complexity index is 458. The Morgan fingerprint density at radius 2 is 0.848 bits per heavy atom. The highest BCUT2D eigenvalue weighted by molar-refractivity contribution is 8.71. The Morgan fingerprint density at radius 3 is 1.21 bits per heavy atom. The highest BCUT2D eigenvalue weighted by atomic mass is 32.9. The van der Waals surface area contributed by atoms with Crippen LogP contribution in [0.2, 0.25) is 0 Å². The van der Waals surface area contributed by atoms with Crippen LogP contribution in [0.4, 0.5) is 0 Å². The second-order valence-electron chi connectivity index (χ2n) is 11.4. The molecule has 0 aromatic rings. The maximum atomic E-state index is 6.63. The normalized spacial score (nSPS) is 18.7. The van der Waals surface area contributed by atoms with E-state index in [0.29, 0.717) is 0 Å². The molecule has 0 aromatic heterocycles. The minimum atomic E-state index is -1.21. The second-order valence-corrected chi connectivity index (χ2v) is 19.9. The lowest BCUT2D eigenvalue weighted by molar-refractivity contribution is 0.488. The van der Waals surface area contributed by atoms with Crippen LogP contribution in [0.15, 0.2) is 0 Å². The van der Waals surface area contributed by atoms with Crippen molar-refractivity contribution in [3.8, 4) is 0 Å². The van der Waals surface area contributed by atoms with E-state index in [1.807, 2.05) is 0 Å². The van der Waals surface area contributed by atoms with E-state index in [1.54, 1.807) is 0 Å². The van der Waals surface area contributed by atoms with Gasteiger partial charge in [0.25, 0.3) is 0 Å². The van der Waals surface area contributed by atoms with Gasteiger partial charge in [0.05, 0.1) is 0 Å². The van der Waals surface area contributed by atoms with Gasteiger partial charge < -0.3 is 0 Å². The van der Waals surface area contributed by atoms with Crippen molar-refractivity contribution in [1.82, 2.24) is 0 Å². The number of hydrogen-bond acceptors (Lipinski definition) is 2. The van der Waals surface area contributed by atoms with Gasteiger partial charge in [-0.05, 0) is 49.2 Å². The van der Waals surface area contributed by atoms with Gasteiger partial charge in [0.1, 0.15) is 0 Å². The Hall–Kier alpha value is 1.00. The van der Waals surface area contributed by atoms with Crippen molar-refractivity contribution in [1.29, 1.82) is 0 Å². The first-order valence-corrected chi connectivity index (χ1v) is 20.0. The van der Waals surface area contributed by atoms with Gasteiger partial charge in [0.2, 0.25) is 0 Å². The molecule has 0 saturated heterocycles. The van der Waals surface area contributed by atoms with Crippen LogP contribution in [-0.4, -0.2) is 17.1 Å². The van der Waals surface area contributed by atoms with E-state index >= 15 is 0 Å². The summed E-state index contributed by atoms with van der Waals surface area (Å²) in [6.45, 7) is 2.31. The first kappa shape index (κ1) is 30.2. The zero-order valence-electron chi connectivity index (χ0n) is 22.5. The van der Waals surface area contributed by atoms with Crippen LogP contribution in [0.1, 0.15) is 174 Å². The fourth-order valence-electron chi connectivity index (χ4n) is 6.25. The molecule has 2 aliphatic rings. The van der Waals surface area contributed by atoms with Gasteiger partial charge in [0, 0.05) is 5.24 Å². The molecule has 0 bridgehead atoms. The van der Waals surface area contributed by atoms with E-state index in [0.717, 1.165) is 11.3 Å². The van der Waals surface area contributed by atoms with E-state index in [1.165, 1.54) is 173 Å². The quantitative estimate of drug-likeness (QED) is 0.117.